The van der Waals surface area contributed by atoms with Gasteiger partial charge in [-0.3, -0.25) is 0 Å². The number of fused-ring (bicyclic) bond motifs is 1. The Hall–Kier alpha value is -2.33. The number of rotatable bonds is 3. The lowest BCUT2D eigenvalue weighted by atomic mass is 10.1. The number of hydrogen-bond donors (Lipinski definition) is 2. The summed E-state index contributed by atoms with van der Waals surface area (Å²) in [6, 6.07) is 11.2. The number of phenols is 1. The van der Waals surface area contributed by atoms with Crippen molar-refractivity contribution >= 4 is 5.52 Å². The van der Waals surface area contributed by atoms with Crippen molar-refractivity contribution in [2.24, 2.45) is 5.73 Å². The van der Waals surface area contributed by atoms with E-state index in [0.717, 1.165) is 28.9 Å². The number of hydrogen-bond acceptors (Lipinski definition) is 3. The zero-order valence-electron chi connectivity index (χ0n) is 10.5. The molecule has 2 aromatic heterocycles. The highest BCUT2D eigenvalue weighted by molar-refractivity contribution is 5.54. The van der Waals surface area contributed by atoms with Gasteiger partial charge in [-0.2, -0.15) is 0 Å². The van der Waals surface area contributed by atoms with E-state index in [1.807, 2.05) is 36.7 Å². The SMILES string of the molecule is NCc1cccn2c(Cc3ccc(O)cc3)ncc12. The molecule has 4 heteroatoms. The number of phenolic OH excluding ortho intramolecular Hbond substituents is 1. The first-order valence-corrected chi connectivity index (χ1v) is 6.20. The molecule has 0 saturated carbocycles. The Morgan fingerprint density at radius 3 is 2.68 bits per heavy atom. The lowest BCUT2D eigenvalue weighted by Gasteiger charge is -2.04. The van der Waals surface area contributed by atoms with Crippen LogP contribution in [0, 0.1) is 0 Å². The van der Waals surface area contributed by atoms with Crippen molar-refractivity contribution in [2.45, 2.75) is 13.0 Å². The fourth-order valence-electron chi connectivity index (χ4n) is 2.23. The van der Waals surface area contributed by atoms with Crippen molar-refractivity contribution in [3.05, 3.63) is 65.7 Å². The van der Waals surface area contributed by atoms with Gasteiger partial charge in [0.2, 0.25) is 0 Å². The molecule has 3 N–H and O–H groups in total. The summed E-state index contributed by atoms with van der Waals surface area (Å²) in [7, 11) is 0. The van der Waals surface area contributed by atoms with Crippen LogP contribution in [0.25, 0.3) is 5.52 Å². The predicted molar refractivity (Wildman–Crippen MR) is 74.0 cm³/mol. The van der Waals surface area contributed by atoms with Crippen LogP contribution in [0.4, 0.5) is 0 Å². The third-order valence-electron chi connectivity index (χ3n) is 3.25. The quantitative estimate of drug-likeness (QED) is 0.751. The molecule has 0 spiro atoms. The highest BCUT2D eigenvalue weighted by Gasteiger charge is 2.07. The Morgan fingerprint density at radius 1 is 1.16 bits per heavy atom. The Morgan fingerprint density at radius 2 is 1.95 bits per heavy atom. The molecular weight excluding hydrogens is 238 g/mol. The minimum absolute atomic E-state index is 0.280. The van der Waals surface area contributed by atoms with E-state index in [9.17, 15) is 5.11 Å². The molecule has 19 heavy (non-hydrogen) atoms. The highest BCUT2D eigenvalue weighted by Crippen LogP contribution is 2.16. The van der Waals surface area contributed by atoms with Gasteiger partial charge in [0.1, 0.15) is 11.6 Å². The van der Waals surface area contributed by atoms with Crippen molar-refractivity contribution < 1.29 is 5.11 Å². The van der Waals surface area contributed by atoms with Crippen LogP contribution in [0.5, 0.6) is 5.75 Å². The normalized spacial score (nSPS) is 11.0. The number of imidazole rings is 1. The second-order valence-corrected chi connectivity index (χ2v) is 4.51. The van der Waals surface area contributed by atoms with Crippen LogP contribution in [0.2, 0.25) is 0 Å². The van der Waals surface area contributed by atoms with Crippen LogP contribution >= 0.6 is 0 Å². The summed E-state index contributed by atoms with van der Waals surface area (Å²) >= 11 is 0. The van der Waals surface area contributed by atoms with Gasteiger partial charge in [0.05, 0.1) is 11.7 Å². The van der Waals surface area contributed by atoms with Crippen molar-refractivity contribution in [3.8, 4) is 5.75 Å². The van der Waals surface area contributed by atoms with Crippen molar-refractivity contribution in [2.75, 3.05) is 0 Å². The molecule has 2 heterocycles. The van der Waals surface area contributed by atoms with Crippen LogP contribution < -0.4 is 5.73 Å². The van der Waals surface area contributed by atoms with Gasteiger partial charge in [-0.25, -0.2) is 4.98 Å². The first-order chi connectivity index (χ1) is 9.28. The molecule has 0 radical (unpaired) electrons. The first-order valence-electron chi connectivity index (χ1n) is 6.20. The largest absolute Gasteiger partial charge is 0.508 e. The topological polar surface area (TPSA) is 63.5 Å². The van der Waals surface area contributed by atoms with Gasteiger partial charge in [-0.15, -0.1) is 0 Å². The number of pyridine rings is 1. The van der Waals surface area contributed by atoms with Gasteiger partial charge in [0.25, 0.3) is 0 Å². The van der Waals surface area contributed by atoms with Gasteiger partial charge >= 0.3 is 0 Å². The number of aromatic nitrogens is 2. The molecular formula is C15H15N3O. The maximum Gasteiger partial charge on any atom is 0.117 e. The minimum atomic E-state index is 0.280. The second-order valence-electron chi connectivity index (χ2n) is 4.51. The van der Waals surface area contributed by atoms with Crippen LogP contribution in [0.1, 0.15) is 17.0 Å². The van der Waals surface area contributed by atoms with Crippen LogP contribution in [0.15, 0.2) is 48.8 Å². The zero-order chi connectivity index (χ0) is 13.2. The standard InChI is InChI=1S/C15H15N3O/c16-9-12-2-1-7-18-14(12)10-17-15(18)8-11-3-5-13(19)6-4-11/h1-7,10,19H,8-9,16H2. The predicted octanol–water partition coefficient (Wildman–Crippen LogP) is 2.09. The Kier molecular flexibility index (Phi) is 2.93. The molecule has 4 nitrogen and oxygen atoms in total. The molecule has 0 atom stereocenters. The summed E-state index contributed by atoms with van der Waals surface area (Å²) in [6.07, 6.45) is 4.58. The summed E-state index contributed by atoms with van der Waals surface area (Å²) in [4.78, 5) is 4.47. The molecule has 0 aliphatic carbocycles. The Bertz CT molecular complexity index is 701. The molecule has 3 rings (SSSR count). The molecule has 0 bridgehead atoms. The average Bonchev–Trinajstić information content (AvgIpc) is 2.84. The summed E-state index contributed by atoms with van der Waals surface area (Å²) in [6.45, 7) is 0.509. The molecule has 96 valence electrons. The Balaban J connectivity index is 1.99. The summed E-state index contributed by atoms with van der Waals surface area (Å²) in [5, 5.41) is 9.29. The fourth-order valence-corrected chi connectivity index (χ4v) is 2.23. The molecule has 0 saturated heterocycles. The molecule has 3 aromatic rings. The molecule has 0 fully saturated rings. The van der Waals surface area contributed by atoms with E-state index in [1.165, 1.54) is 0 Å². The third kappa shape index (κ3) is 2.18. The van der Waals surface area contributed by atoms with Gasteiger partial charge in [0, 0.05) is 19.2 Å². The molecule has 0 aliphatic heterocycles. The van der Waals surface area contributed by atoms with Crippen molar-refractivity contribution in [1.29, 1.82) is 0 Å². The summed E-state index contributed by atoms with van der Waals surface area (Å²) in [5.41, 5.74) is 8.98. The van der Waals surface area contributed by atoms with Crippen molar-refractivity contribution in [3.63, 3.8) is 0 Å². The highest BCUT2D eigenvalue weighted by atomic mass is 16.3. The number of nitrogens with zero attached hydrogens (tertiary/aromatic N) is 2. The zero-order valence-corrected chi connectivity index (χ0v) is 10.5. The van der Waals surface area contributed by atoms with E-state index in [0.29, 0.717) is 6.54 Å². The summed E-state index contributed by atoms with van der Waals surface area (Å²) in [5.74, 6) is 1.25. The fraction of sp³-hybridized carbons (Fsp3) is 0.133. The molecule has 0 aliphatic rings. The van der Waals surface area contributed by atoms with Crippen LogP contribution in [0.3, 0.4) is 0 Å². The van der Waals surface area contributed by atoms with Crippen molar-refractivity contribution in [1.82, 2.24) is 9.38 Å². The van der Waals surface area contributed by atoms with E-state index < -0.39 is 0 Å². The maximum absolute atomic E-state index is 9.29. The van der Waals surface area contributed by atoms with Crippen LogP contribution in [-0.4, -0.2) is 14.5 Å². The number of benzene rings is 1. The van der Waals surface area contributed by atoms with Crippen LogP contribution in [-0.2, 0) is 13.0 Å². The molecule has 1 aromatic carbocycles. The second kappa shape index (κ2) is 4.74. The lowest BCUT2D eigenvalue weighted by molar-refractivity contribution is 0.475. The summed E-state index contributed by atoms with van der Waals surface area (Å²) < 4.78 is 2.06. The minimum Gasteiger partial charge on any atom is -0.508 e. The first kappa shape index (κ1) is 11.7. The number of aromatic hydroxyl groups is 1. The van der Waals surface area contributed by atoms with Gasteiger partial charge in [-0.05, 0) is 29.3 Å². The number of nitrogens with two attached hydrogens (primary N) is 1. The Labute approximate surface area is 111 Å². The molecule has 0 unspecified atom stereocenters. The van der Waals surface area contributed by atoms with E-state index in [1.54, 1.807) is 12.1 Å². The van der Waals surface area contributed by atoms with E-state index in [4.69, 9.17) is 5.73 Å². The maximum atomic E-state index is 9.29. The average molecular weight is 253 g/mol. The third-order valence-corrected chi connectivity index (χ3v) is 3.25. The van der Waals surface area contributed by atoms with E-state index in [2.05, 4.69) is 9.38 Å². The monoisotopic (exact) mass is 253 g/mol. The van der Waals surface area contributed by atoms with E-state index >= 15 is 0 Å². The van der Waals surface area contributed by atoms with Gasteiger partial charge in [-0.1, -0.05) is 18.2 Å². The smallest absolute Gasteiger partial charge is 0.117 e. The van der Waals surface area contributed by atoms with Gasteiger partial charge in [0.15, 0.2) is 0 Å². The lowest BCUT2D eigenvalue weighted by Crippen LogP contribution is -2.01. The van der Waals surface area contributed by atoms with E-state index in [-0.39, 0.29) is 5.75 Å². The van der Waals surface area contributed by atoms with Gasteiger partial charge < -0.3 is 15.2 Å². The molecule has 0 amide bonds.